The molecule has 10 heavy (non-hydrogen) atoms. The van der Waals surface area contributed by atoms with Crippen LogP contribution < -0.4 is 5.73 Å². The molecule has 0 aliphatic rings. The van der Waals surface area contributed by atoms with E-state index in [4.69, 9.17) is 18.0 Å². The smallest absolute Gasteiger partial charge is 0.159 e. The molecule has 0 unspecified atom stereocenters. The first-order valence-electron chi connectivity index (χ1n) is 2.32. The fourth-order valence-corrected chi connectivity index (χ4v) is 1.28. The van der Waals surface area contributed by atoms with E-state index in [1.807, 2.05) is 0 Å². The third-order valence-corrected chi connectivity index (χ3v) is 2.85. The molecule has 0 radical (unpaired) electrons. The second kappa shape index (κ2) is 2.98. The maximum absolute atomic E-state index is 5.39. The molecule has 1 heterocycles. The first kappa shape index (κ1) is 8.16. The second-order valence-electron chi connectivity index (χ2n) is 1.56. The molecule has 1 aromatic rings. The lowest BCUT2D eigenvalue weighted by Crippen LogP contribution is -1.94. The predicted octanol–water partition coefficient (Wildman–Crippen LogP) is 2.25. The van der Waals surface area contributed by atoms with Crippen molar-refractivity contribution in [3.63, 3.8) is 0 Å². The molecule has 0 spiro atoms. The molecule has 3 nitrogen and oxygen atoms in total. The Morgan fingerprint density at radius 3 is 2.60 bits per heavy atom. The van der Waals surface area contributed by atoms with E-state index < -0.39 is 0 Å². The Labute approximate surface area is 79.3 Å². The van der Waals surface area contributed by atoms with Crippen LogP contribution in [0.2, 0.25) is 0 Å². The summed E-state index contributed by atoms with van der Waals surface area (Å²) in [7, 11) is 0. The molecule has 0 aliphatic heterocycles. The molecule has 1 aromatic heterocycles. The van der Waals surface area contributed by atoms with Crippen molar-refractivity contribution in [1.82, 2.24) is 9.97 Å². The Hall–Kier alpha value is 0.0600. The summed E-state index contributed by atoms with van der Waals surface area (Å²) in [5, 5.41) is 0. The molecule has 0 atom stereocenters. The van der Waals surface area contributed by atoms with Crippen molar-refractivity contribution < 1.29 is 0 Å². The van der Waals surface area contributed by atoms with Gasteiger partial charge < -0.3 is 10.7 Å². The van der Waals surface area contributed by atoms with Crippen molar-refractivity contribution in [2.75, 3.05) is 5.73 Å². The van der Waals surface area contributed by atoms with E-state index in [0.717, 1.165) is 0 Å². The van der Waals surface area contributed by atoms with Crippen LogP contribution in [0.15, 0.2) is 9.21 Å². The number of aromatic amines is 1. The SMILES string of the molecule is Nc1nc(Br)c(Br)[nH]c1=S. The van der Waals surface area contributed by atoms with Gasteiger partial charge in [-0.05, 0) is 31.9 Å². The molecular formula is C4H3Br2N3S. The Kier molecular flexibility index (Phi) is 2.43. The number of nitrogens with two attached hydrogens (primary N) is 1. The predicted molar refractivity (Wildman–Crippen MR) is 49.2 cm³/mol. The highest BCUT2D eigenvalue weighted by Crippen LogP contribution is 2.18. The average molecular weight is 285 g/mol. The molecule has 0 bridgehead atoms. The highest BCUT2D eigenvalue weighted by atomic mass is 79.9. The third-order valence-electron chi connectivity index (χ3n) is 0.856. The van der Waals surface area contributed by atoms with Gasteiger partial charge in [-0.15, -0.1) is 0 Å². The van der Waals surface area contributed by atoms with Crippen molar-refractivity contribution in [3.8, 4) is 0 Å². The molecule has 0 saturated heterocycles. The van der Waals surface area contributed by atoms with Gasteiger partial charge in [0.25, 0.3) is 0 Å². The van der Waals surface area contributed by atoms with Gasteiger partial charge in [0.15, 0.2) is 5.82 Å². The molecular weight excluding hydrogens is 282 g/mol. The Balaban J connectivity index is 3.43. The van der Waals surface area contributed by atoms with Crippen molar-refractivity contribution in [2.45, 2.75) is 0 Å². The summed E-state index contributed by atoms with van der Waals surface area (Å²) in [4.78, 5) is 6.69. The maximum Gasteiger partial charge on any atom is 0.159 e. The minimum Gasteiger partial charge on any atom is -0.381 e. The van der Waals surface area contributed by atoms with Gasteiger partial charge in [0, 0.05) is 0 Å². The molecule has 0 aromatic carbocycles. The number of nitrogens with zero attached hydrogens (tertiary/aromatic N) is 1. The number of anilines is 1. The average Bonchev–Trinajstić information content (AvgIpc) is 1.84. The van der Waals surface area contributed by atoms with Crippen LogP contribution >= 0.6 is 44.1 Å². The summed E-state index contributed by atoms with van der Waals surface area (Å²) >= 11 is 11.2. The summed E-state index contributed by atoms with van der Waals surface area (Å²) in [5.74, 6) is 0.324. The third kappa shape index (κ3) is 1.56. The molecule has 3 N–H and O–H groups in total. The lowest BCUT2D eigenvalue weighted by atomic mass is 10.7. The molecule has 0 amide bonds. The zero-order valence-electron chi connectivity index (χ0n) is 4.69. The van der Waals surface area contributed by atoms with Crippen molar-refractivity contribution in [2.24, 2.45) is 0 Å². The fourth-order valence-electron chi connectivity index (χ4n) is 0.421. The largest absolute Gasteiger partial charge is 0.381 e. The topological polar surface area (TPSA) is 54.7 Å². The summed E-state index contributed by atoms with van der Waals surface area (Å²) in [6, 6.07) is 0. The van der Waals surface area contributed by atoms with Crippen molar-refractivity contribution >= 4 is 49.9 Å². The Morgan fingerprint density at radius 1 is 1.50 bits per heavy atom. The van der Waals surface area contributed by atoms with Crippen molar-refractivity contribution in [3.05, 3.63) is 13.8 Å². The highest BCUT2D eigenvalue weighted by molar-refractivity contribution is 9.13. The zero-order valence-corrected chi connectivity index (χ0v) is 8.68. The standard InChI is InChI=1S/C4H3Br2N3S/c5-1-2(6)9-4(10)3(7)8-1/h(H2,7,8)(H,9,10). The van der Waals surface area contributed by atoms with Crippen LogP contribution in [0.4, 0.5) is 5.82 Å². The van der Waals surface area contributed by atoms with E-state index >= 15 is 0 Å². The Morgan fingerprint density at radius 2 is 2.10 bits per heavy atom. The normalized spacial score (nSPS) is 9.80. The van der Waals surface area contributed by atoms with Crippen LogP contribution in [0.3, 0.4) is 0 Å². The van der Waals surface area contributed by atoms with Gasteiger partial charge >= 0.3 is 0 Å². The van der Waals surface area contributed by atoms with Crippen LogP contribution in [0.1, 0.15) is 0 Å². The van der Waals surface area contributed by atoms with Gasteiger partial charge in [0.1, 0.15) is 13.8 Å². The number of halogens is 2. The number of H-pyrrole nitrogens is 1. The molecule has 0 saturated carbocycles. The summed E-state index contributed by atoms with van der Waals surface area (Å²) < 4.78 is 1.76. The second-order valence-corrected chi connectivity index (χ2v) is 3.51. The minimum absolute atomic E-state index is 0.324. The lowest BCUT2D eigenvalue weighted by molar-refractivity contribution is 1.12. The van der Waals surface area contributed by atoms with E-state index in [2.05, 4.69) is 41.8 Å². The summed E-state index contributed by atoms with van der Waals surface area (Å²) in [5.41, 5.74) is 5.39. The first-order valence-corrected chi connectivity index (χ1v) is 4.31. The number of nitrogens with one attached hydrogen (secondary N) is 1. The van der Waals surface area contributed by atoms with E-state index in [9.17, 15) is 0 Å². The highest BCUT2D eigenvalue weighted by Gasteiger charge is 1.98. The molecule has 0 fully saturated rings. The lowest BCUT2D eigenvalue weighted by Gasteiger charge is -1.96. The Bertz CT molecular complexity index is 308. The maximum atomic E-state index is 5.39. The van der Waals surface area contributed by atoms with E-state index in [0.29, 0.717) is 19.7 Å². The monoisotopic (exact) mass is 283 g/mol. The number of nitrogen functional groups attached to an aromatic ring is 1. The quantitative estimate of drug-likeness (QED) is 0.719. The molecule has 0 aliphatic carbocycles. The van der Waals surface area contributed by atoms with Gasteiger partial charge in [0.2, 0.25) is 0 Å². The van der Waals surface area contributed by atoms with Gasteiger partial charge in [-0.3, -0.25) is 0 Å². The fraction of sp³-hybridized carbons (Fsp3) is 0. The summed E-state index contributed by atoms with van der Waals surface area (Å²) in [6.45, 7) is 0. The van der Waals surface area contributed by atoms with Crippen LogP contribution in [0, 0.1) is 4.64 Å². The van der Waals surface area contributed by atoms with E-state index in [-0.39, 0.29) is 0 Å². The van der Waals surface area contributed by atoms with Gasteiger partial charge in [-0.25, -0.2) is 4.98 Å². The van der Waals surface area contributed by atoms with Gasteiger partial charge in [-0.1, -0.05) is 12.2 Å². The first-order chi connectivity index (χ1) is 4.61. The van der Waals surface area contributed by atoms with E-state index in [1.54, 1.807) is 0 Å². The number of hydrogen-bond donors (Lipinski definition) is 2. The van der Waals surface area contributed by atoms with E-state index in [1.165, 1.54) is 0 Å². The number of aromatic nitrogens is 2. The molecule has 1 rings (SSSR count). The molecule has 6 heteroatoms. The van der Waals surface area contributed by atoms with Crippen LogP contribution in [-0.4, -0.2) is 9.97 Å². The van der Waals surface area contributed by atoms with Crippen LogP contribution in [0.5, 0.6) is 0 Å². The van der Waals surface area contributed by atoms with Gasteiger partial charge in [-0.2, -0.15) is 0 Å². The van der Waals surface area contributed by atoms with Crippen LogP contribution in [-0.2, 0) is 0 Å². The molecule has 54 valence electrons. The van der Waals surface area contributed by atoms with Crippen molar-refractivity contribution in [1.29, 1.82) is 0 Å². The van der Waals surface area contributed by atoms with Crippen LogP contribution in [0.25, 0.3) is 0 Å². The summed E-state index contributed by atoms with van der Waals surface area (Å²) in [6.07, 6.45) is 0. The number of rotatable bonds is 0. The minimum atomic E-state index is 0.324. The zero-order chi connectivity index (χ0) is 7.72. The van der Waals surface area contributed by atoms with Gasteiger partial charge in [0.05, 0.1) is 0 Å². The number of hydrogen-bond acceptors (Lipinski definition) is 3.